The lowest BCUT2D eigenvalue weighted by molar-refractivity contribution is -0.137. The molecular formula is C21H41NO. The summed E-state index contributed by atoms with van der Waals surface area (Å²) >= 11 is 0. The number of rotatable bonds is 13. The maximum atomic E-state index is 12.8. The molecule has 2 nitrogen and oxygen atoms in total. The zero-order valence-electron chi connectivity index (χ0n) is 16.0. The second-order valence-corrected chi connectivity index (χ2v) is 7.49. The van der Waals surface area contributed by atoms with Crippen LogP contribution in [0.2, 0.25) is 0 Å². The molecule has 1 unspecified atom stereocenters. The first-order valence-electron chi connectivity index (χ1n) is 10.6. The molecule has 0 aliphatic carbocycles. The summed E-state index contributed by atoms with van der Waals surface area (Å²) < 4.78 is 0. The van der Waals surface area contributed by atoms with E-state index in [-0.39, 0.29) is 0 Å². The molecule has 1 heterocycles. The maximum absolute atomic E-state index is 12.8. The molecule has 1 saturated heterocycles. The highest BCUT2D eigenvalue weighted by atomic mass is 16.2. The van der Waals surface area contributed by atoms with Gasteiger partial charge in [0, 0.05) is 19.0 Å². The third kappa shape index (κ3) is 9.37. The maximum Gasteiger partial charge on any atom is 0.225 e. The van der Waals surface area contributed by atoms with Crippen LogP contribution in [0.5, 0.6) is 0 Å². The lowest BCUT2D eigenvalue weighted by Gasteiger charge is -2.30. The quantitative estimate of drug-likeness (QED) is 0.362. The molecule has 0 spiro atoms. The molecule has 0 saturated carbocycles. The van der Waals surface area contributed by atoms with Gasteiger partial charge in [-0.25, -0.2) is 0 Å². The third-order valence-corrected chi connectivity index (χ3v) is 5.33. The summed E-state index contributed by atoms with van der Waals surface area (Å²) in [6.07, 6.45) is 19.3. The highest BCUT2D eigenvalue weighted by Gasteiger charge is 2.24. The van der Waals surface area contributed by atoms with Gasteiger partial charge in [0.15, 0.2) is 0 Å². The van der Waals surface area contributed by atoms with Crippen LogP contribution in [0.25, 0.3) is 0 Å². The first-order valence-corrected chi connectivity index (χ1v) is 10.6. The minimum Gasteiger partial charge on any atom is -0.342 e. The van der Waals surface area contributed by atoms with E-state index in [4.69, 9.17) is 0 Å². The Balaban J connectivity index is 2.20. The molecule has 0 radical (unpaired) electrons. The van der Waals surface area contributed by atoms with Crippen LogP contribution < -0.4 is 0 Å². The standard InChI is InChI=1S/C21H41NO/c1-3-5-7-8-9-10-11-13-17-20(16-6-4-2)21(23)22-18-14-12-15-19-22/h20H,3-19H2,1-2H3. The topological polar surface area (TPSA) is 20.3 Å². The van der Waals surface area contributed by atoms with Crippen LogP contribution >= 0.6 is 0 Å². The molecule has 136 valence electrons. The van der Waals surface area contributed by atoms with Gasteiger partial charge in [0.25, 0.3) is 0 Å². The second kappa shape index (κ2) is 13.9. The highest BCUT2D eigenvalue weighted by Crippen LogP contribution is 2.22. The van der Waals surface area contributed by atoms with Gasteiger partial charge in [0.1, 0.15) is 0 Å². The highest BCUT2D eigenvalue weighted by molar-refractivity contribution is 5.78. The smallest absolute Gasteiger partial charge is 0.225 e. The lowest BCUT2D eigenvalue weighted by Crippen LogP contribution is -2.39. The van der Waals surface area contributed by atoms with Crippen molar-refractivity contribution in [3.63, 3.8) is 0 Å². The first kappa shape index (κ1) is 20.5. The van der Waals surface area contributed by atoms with Gasteiger partial charge in [-0.3, -0.25) is 4.79 Å². The average Bonchev–Trinajstić information content (AvgIpc) is 2.60. The number of likely N-dealkylation sites (tertiary alicyclic amines) is 1. The summed E-state index contributed by atoms with van der Waals surface area (Å²) in [5.41, 5.74) is 0. The normalized spacial score (nSPS) is 16.5. The van der Waals surface area contributed by atoms with Crippen LogP contribution in [0.1, 0.15) is 110 Å². The van der Waals surface area contributed by atoms with E-state index < -0.39 is 0 Å². The van der Waals surface area contributed by atoms with Crippen LogP contribution in [0.15, 0.2) is 0 Å². The minimum atomic E-state index is 0.313. The number of carbonyl (C=O) groups excluding carboxylic acids is 1. The van der Waals surface area contributed by atoms with E-state index in [1.54, 1.807) is 0 Å². The Hall–Kier alpha value is -0.530. The van der Waals surface area contributed by atoms with Gasteiger partial charge in [0.05, 0.1) is 0 Å². The molecule has 1 rings (SSSR count). The van der Waals surface area contributed by atoms with E-state index in [0.717, 1.165) is 25.9 Å². The van der Waals surface area contributed by atoms with Crippen molar-refractivity contribution < 1.29 is 4.79 Å². The van der Waals surface area contributed by atoms with Gasteiger partial charge in [-0.1, -0.05) is 78.1 Å². The van der Waals surface area contributed by atoms with Gasteiger partial charge in [-0.15, -0.1) is 0 Å². The van der Waals surface area contributed by atoms with Crippen molar-refractivity contribution in [2.45, 2.75) is 110 Å². The molecule has 0 bridgehead atoms. The van der Waals surface area contributed by atoms with Gasteiger partial charge >= 0.3 is 0 Å². The fraction of sp³-hybridized carbons (Fsp3) is 0.952. The van der Waals surface area contributed by atoms with Crippen molar-refractivity contribution in [1.82, 2.24) is 4.90 Å². The molecule has 1 aliphatic rings. The van der Waals surface area contributed by atoms with E-state index >= 15 is 0 Å². The Labute approximate surface area is 145 Å². The summed E-state index contributed by atoms with van der Waals surface area (Å²) in [4.78, 5) is 14.9. The number of nitrogens with zero attached hydrogens (tertiary/aromatic N) is 1. The van der Waals surface area contributed by atoms with Crippen molar-refractivity contribution >= 4 is 5.91 Å². The molecule has 1 atom stereocenters. The van der Waals surface area contributed by atoms with Gasteiger partial charge in [-0.2, -0.15) is 0 Å². The molecule has 0 N–H and O–H groups in total. The van der Waals surface area contributed by atoms with E-state index in [1.165, 1.54) is 83.5 Å². The van der Waals surface area contributed by atoms with Gasteiger partial charge in [-0.05, 0) is 32.1 Å². The van der Waals surface area contributed by atoms with Crippen molar-refractivity contribution in [2.24, 2.45) is 5.92 Å². The van der Waals surface area contributed by atoms with E-state index in [9.17, 15) is 4.79 Å². The van der Waals surface area contributed by atoms with Crippen LogP contribution in [0, 0.1) is 5.92 Å². The fourth-order valence-corrected chi connectivity index (χ4v) is 3.74. The van der Waals surface area contributed by atoms with Gasteiger partial charge < -0.3 is 4.90 Å². The summed E-state index contributed by atoms with van der Waals surface area (Å²) in [5, 5.41) is 0. The molecule has 0 aromatic carbocycles. The Morgan fingerprint density at radius 3 is 1.87 bits per heavy atom. The molecule has 2 heteroatoms. The van der Waals surface area contributed by atoms with Gasteiger partial charge in [0.2, 0.25) is 5.91 Å². The Bertz CT molecular complexity index is 284. The van der Waals surface area contributed by atoms with Crippen LogP contribution in [0.4, 0.5) is 0 Å². The monoisotopic (exact) mass is 323 g/mol. The van der Waals surface area contributed by atoms with Crippen molar-refractivity contribution in [1.29, 1.82) is 0 Å². The number of unbranched alkanes of at least 4 members (excludes halogenated alkanes) is 8. The minimum absolute atomic E-state index is 0.313. The second-order valence-electron chi connectivity index (χ2n) is 7.49. The zero-order chi connectivity index (χ0) is 16.8. The third-order valence-electron chi connectivity index (χ3n) is 5.33. The molecule has 0 aromatic heterocycles. The van der Waals surface area contributed by atoms with Crippen molar-refractivity contribution in [2.75, 3.05) is 13.1 Å². The van der Waals surface area contributed by atoms with Crippen LogP contribution in [-0.2, 0) is 4.79 Å². The average molecular weight is 324 g/mol. The number of hydrogen-bond donors (Lipinski definition) is 0. The summed E-state index contributed by atoms with van der Waals surface area (Å²) in [7, 11) is 0. The molecule has 0 aromatic rings. The molecule has 1 aliphatic heterocycles. The predicted molar refractivity (Wildman–Crippen MR) is 101 cm³/mol. The molecule has 23 heavy (non-hydrogen) atoms. The number of piperidine rings is 1. The Morgan fingerprint density at radius 2 is 1.26 bits per heavy atom. The zero-order valence-corrected chi connectivity index (χ0v) is 16.0. The Kier molecular flexibility index (Phi) is 12.4. The predicted octanol–water partition coefficient (Wildman–Crippen LogP) is 6.34. The molecule has 1 fully saturated rings. The SMILES string of the molecule is CCCCCCCCCCC(CCCC)C(=O)N1CCCCC1. The van der Waals surface area contributed by atoms with E-state index in [0.29, 0.717) is 11.8 Å². The lowest BCUT2D eigenvalue weighted by atomic mass is 9.93. The summed E-state index contributed by atoms with van der Waals surface area (Å²) in [6, 6.07) is 0. The van der Waals surface area contributed by atoms with Crippen LogP contribution in [0.3, 0.4) is 0 Å². The molecule has 1 amide bonds. The summed E-state index contributed by atoms with van der Waals surface area (Å²) in [6.45, 7) is 6.53. The number of amides is 1. The van der Waals surface area contributed by atoms with Crippen molar-refractivity contribution in [3.8, 4) is 0 Å². The summed E-state index contributed by atoms with van der Waals surface area (Å²) in [5.74, 6) is 0.786. The van der Waals surface area contributed by atoms with E-state index in [2.05, 4.69) is 18.7 Å². The number of carbonyl (C=O) groups is 1. The largest absolute Gasteiger partial charge is 0.342 e. The van der Waals surface area contributed by atoms with Crippen LogP contribution in [-0.4, -0.2) is 23.9 Å². The Morgan fingerprint density at radius 1 is 0.739 bits per heavy atom. The van der Waals surface area contributed by atoms with E-state index in [1.807, 2.05) is 0 Å². The molecular weight excluding hydrogens is 282 g/mol. The number of hydrogen-bond acceptors (Lipinski definition) is 1. The first-order chi connectivity index (χ1) is 11.3. The fourth-order valence-electron chi connectivity index (χ4n) is 3.74. The van der Waals surface area contributed by atoms with Crippen molar-refractivity contribution in [3.05, 3.63) is 0 Å².